The van der Waals surface area contributed by atoms with Crippen LogP contribution in [-0.4, -0.2) is 21.9 Å². The highest BCUT2D eigenvalue weighted by Crippen LogP contribution is 2.20. The number of aliphatic hydroxyl groups excluding tert-OH is 1. The van der Waals surface area contributed by atoms with E-state index in [0.29, 0.717) is 17.6 Å². The van der Waals surface area contributed by atoms with Crippen LogP contribution in [0.4, 0.5) is 0 Å². The van der Waals surface area contributed by atoms with E-state index in [4.69, 9.17) is 9.63 Å². The van der Waals surface area contributed by atoms with E-state index in [-0.39, 0.29) is 6.61 Å². The Morgan fingerprint density at radius 3 is 2.53 bits per heavy atom. The van der Waals surface area contributed by atoms with Crippen LogP contribution in [-0.2, 0) is 6.42 Å². The van der Waals surface area contributed by atoms with Crippen LogP contribution in [0.15, 0.2) is 28.8 Å². The lowest BCUT2D eigenvalue weighted by molar-refractivity contribution is 0.281. The monoisotopic (exact) mass is 260 g/mol. The number of aryl methyl sites for hydroxylation is 1. The van der Waals surface area contributed by atoms with Crippen molar-refractivity contribution in [2.45, 2.75) is 39.0 Å². The van der Waals surface area contributed by atoms with E-state index in [2.05, 4.69) is 36.1 Å². The van der Waals surface area contributed by atoms with Crippen molar-refractivity contribution >= 4 is 0 Å². The molecule has 0 radical (unpaired) electrons. The second kappa shape index (κ2) is 6.48. The van der Waals surface area contributed by atoms with Gasteiger partial charge in [0.2, 0.25) is 11.7 Å². The minimum Gasteiger partial charge on any atom is -0.396 e. The van der Waals surface area contributed by atoms with E-state index in [1.54, 1.807) is 0 Å². The molecule has 0 amide bonds. The van der Waals surface area contributed by atoms with Crippen LogP contribution in [0.3, 0.4) is 0 Å². The molecular weight excluding hydrogens is 240 g/mol. The SMILES string of the molecule is CC(C)c1ccc(-c2noc(CCCCO)n2)cc1. The molecule has 1 aromatic heterocycles. The van der Waals surface area contributed by atoms with Crippen molar-refractivity contribution in [3.05, 3.63) is 35.7 Å². The third-order valence-electron chi connectivity index (χ3n) is 3.10. The van der Waals surface area contributed by atoms with Gasteiger partial charge in [-0.05, 0) is 24.3 Å². The molecule has 0 saturated carbocycles. The van der Waals surface area contributed by atoms with Crippen molar-refractivity contribution in [3.8, 4) is 11.4 Å². The van der Waals surface area contributed by atoms with E-state index in [0.717, 1.165) is 24.8 Å². The number of unbranched alkanes of at least 4 members (excludes halogenated alkanes) is 1. The highest BCUT2D eigenvalue weighted by molar-refractivity contribution is 5.54. The fourth-order valence-electron chi connectivity index (χ4n) is 1.88. The molecule has 0 aliphatic carbocycles. The van der Waals surface area contributed by atoms with Gasteiger partial charge in [0.25, 0.3) is 0 Å². The van der Waals surface area contributed by atoms with Gasteiger partial charge in [-0.3, -0.25) is 0 Å². The average molecular weight is 260 g/mol. The zero-order valence-corrected chi connectivity index (χ0v) is 11.5. The summed E-state index contributed by atoms with van der Waals surface area (Å²) in [7, 11) is 0. The molecule has 2 rings (SSSR count). The lowest BCUT2D eigenvalue weighted by Crippen LogP contribution is -1.89. The van der Waals surface area contributed by atoms with Gasteiger partial charge in [0.1, 0.15) is 0 Å². The third kappa shape index (κ3) is 3.64. The molecular formula is C15H20N2O2. The number of hydrogen-bond acceptors (Lipinski definition) is 4. The van der Waals surface area contributed by atoms with Gasteiger partial charge in [-0.25, -0.2) is 0 Å². The van der Waals surface area contributed by atoms with Crippen LogP contribution in [0.1, 0.15) is 44.1 Å². The molecule has 0 bridgehead atoms. The Bertz CT molecular complexity index is 503. The number of benzene rings is 1. The quantitative estimate of drug-likeness (QED) is 0.810. The summed E-state index contributed by atoms with van der Waals surface area (Å²) in [5, 5.41) is 12.7. The highest BCUT2D eigenvalue weighted by atomic mass is 16.5. The molecule has 0 fully saturated rings. The fraction of sp³-hybridized carbons (Fsp3) is 0.467. The van der Waals surface area contributed by atoms with Crippen LogP contribution in [0.5, 0.6) is 0 Å². The lowest BCUT2D eigenvalue weighted by Gasteiger charge is -2.04. The van der Waals surface area contributed by atoms with Crippen LogP contribution in [0, 0.1) is 0 Å². The van der Waals surface area contributed by atoms with Gasteiger partial charge in [0.05, 0.1) is 0 Å². The summed E-state index contributed by atoms with van der Waals surface area (Å²) in [4.78, 5) is 4.37. The molecule has 1 N–H and O–H groups in total. The topological polar surface area (TPSA) is 59.2 Å². The summed E-state index contributed by atoms with van der Waals surface area (Å²) in [6.45, 7) is 4.54. The Morgan fingerprint density at radius 2 is 1.89 bits per heavy atom. The Labute approximate surface area is 113 Å². The van der Waals surface area contributed by atoms with Crippen molar-refractivity contribution < 1.29 is 9.63 Å². The number of aliphatic hydroxyl groups is 1. The molecule has 102 valence electrons. The molecule has 0 atom stereocenters. The van der Waals surface area contributed by atoms with E-state index in [1.807, 2.05) is 12.1 Å². The van der Waals surface area contributed by atoms with Gasteiger partial charge >= 0.3 is 0 Å². The molecule has 19 heavy (non-hydrogen) atoms. The first-order chi connectivity index (χ1) is 9.20. The minimum atomic E-state index is 0.206. The average Bonchev–Trinajstić information content (AvgIpc) is 2.88. The van der Waals surface area contributed by atoms with Crippen LogP contribution >= 0.6 is 0 Å². The summed E-state index contributed by atoms with van der Waals surface area (Å²) < 4.78 is 5.20. The van der Waals surface area contributed by atoms with Crippen LogP contribution in [0.25, 0.3) is 11.4 Å². The highest BCUT2D eigenvalue weighted by Gasteiger charge is 2.08. The molecule has 1 aromatic carbocycles. The van der Waals surface area contributed by atoms with E-state index in [1.165, 1.54) is 5.56 Å². The zero-order valence-electron chi connectivity index (χ0n) is 11.5. The van der Waals surface area contributed by atoms with Gasteiger partial charge in [0, 0.05) is 18.6 Å². The fourth-order valence-corrected chi connectivity index (χ4v) is 1.88. The Kier molecular flexibility index (Phi) is 4.68. The largest absolute Gasteiger partial charge is 0.396 e. The maximum atomic E-state index is 8.73. The van der Waals surface area contributed by atoms with Crippen molar-refractivity contribution in [2.75, 3.05) is 6.61 Å². The van der Waals surface area contributed by atoms with E-state index >= 15 is 0 Å². The first-order valence-electron chi connectivity index (χ1n) is 6.74. The molecule has 0 saturated heterocycles. The molecule has 0 aliphatic heterocycles. The molecule has 1 heterocycles. The van der Waals surface area contributed by atoms with Gasteiger partial charge in [0.15, 0.2) is 0 Å². The summed E-state index contributed by atoms with van der Waals surface area (Å²) in [6.07, 6.45) is 2.35. The Morgan fingerprint density at radius 1 is 1.16 bits per heavy atom. The maximum absolute atomic E-state index is 8.73. The second-order valence-electron chi connectivity index (χ2n) is 4.97. The van der Waals surface area contributed by atoms with Crippen molar-refractivity contribution in [1.29, 1.82) is 0 Å². The van der Waals surface area contributed by atoms with Gasteiger partial charge in [-0.1, -0.05) is 43.3 Å². The van der Waals surface area contributed by atoms with E-state index < -0.39 is 0 Å². The predicted octanol–water partition coefficient (Wildman–Crippen LogP) is 3.18. The molecule has 0 unspecified atom stereocenters. The maximum Gasteiger partial charge on any atom is 0.226 e. The Hall–Kier alpha value is -1.68. The van der Waals surface area contributed by atoms with Crippen molar-refractivity contribution in [3.63, 3.8) is 0 Å². The Balaban J connectivity index is 2.05. The standard InChI is InChI=1S/C15H20N2O2/c1-11(2)12-6-8-13(9-7-12)15-16-14(19-17-15)5-3-4-10-18/h6-9,11,18H,3-5,10H2,1-2H3. The van der Waals surface area contributed by atoms with E-state index in [9.17, 15) is 0 Å². The van der Waals surface area contributed by atoms with Crippen LogP contribution in [0.2, 0.25) is 0 Å². The number of aromatic nitrogens is 2. The predicted molar refractivity (Wildman–Crippen MR) is 73.8 cm³/mol. The van der Waals surface area contributed by atoms with Crippen molar-refractivity contribution in [2.24, 2.45) is 0 Å². The van der Waals surface area contributed by atoms with Gasteiger partial charge < -0.3 is 9.63 Å². The molecule has 2 aromatic rings. The smallest absolute Gasteiger partial charge is 0.226 e. The summed E-state index contributed by atoms with van der Waals surface area (Å²) in [5.74, 6) is 1.79. The number of nitrogens with zero attached hydrogens (tertiary/aromatic N) is 2. The zero-order chi connectivity index (χ0) is 13.7. The normalized spacial score (nSPS) is 11.2. The van der Waals surface area contributed by atoms with Gasteiger partial charge in [-0.15, -0.1) is 0 Å². The second-order valence-corrected chi connectivity index (χ2v) is 4.97. The molecule has 0 spiro atoms. The first-order valence-corrected chi connectivity index (χ1v) is 6.74. The lowest BCUT2D eigenvalue weighted by atomic mass is 10.0. The van der Waals surface area contributed by atoms with Gasteiger partial charge in [-0.2, -0.15) is 4.98 Å². The molecule has 4 heteroatoms. The molecule has 0 aliphatic rings. The summed E-state index contributed by atoms with van der Waals surface area (Å²) >= 11 is 0. The number of hydrogen-bond donors (Lipinski definition) is 1. The molecule has 4 nitrogen and oxygen atoms in total. The number of rotatable bonds is 6. The minimum absolute atomic E-state index is 0.206. The van der Waals surface area contributed by atoms with Crippen molar-refractivity contribution in [1.82, 2.24) is 10.1 Å². The third-order valence-corrected chi connectivity index (χ3v) is 3.10. The summed E-state index contributed by atoms with van der Waals surface area (Å²) in [6, 6.07) is 8.25. The van der Waals surface area contributed by atoms with Crippen LogP contribution < -0.4 is 0 Å². The summed E-state index contributed by atoms with van der Waals surface area (Å²) in [5.41, 5.74) is 2.27. The first kappa shape index (κ1) is 13.7.